The summed E-state index contributed by atoms with van der Waals surface area (Å²) in [6, 6.07) is 0. The fraction of sp³-hybridized carbons (Fsp3) is 0.800. The van der Waals surface area contributed by atoms with Crippen molar-refractivity contribution in [2.45, 2.75) is 19.3 Å². The second-order valence-electron chi connectivity index (χ2n) is 3.30. The fourth-order valence-corrected chi connectivity index (χ4v) is 1.51. The van der Waals surface area contributed by atoms with Gasteiger partial charge in [-0.15, -0.1) is 0 Å². The summed E-state index contributed by atoms with van der Waals surface area (Å²) in [7, 11) is 1.75. The van der Waals surface area contributed by atoms with E-state index in [1.54, 1.807) is 7.11 Å². The molecule has 70 valence electrons. The Labute approximate surface area is 75.0 Å². The van der Waals surface area contributed by atoms with Crippen molar-refractivity contribution in [2.75, 3.05) is 26.8 Å². The van der Waals surface area contributed by atoms with Crippen LogP contribution in [0, 0.1) is 5.92 Å². The Morgan fingerprint density at radius 2 is 2.17 bits per heavy atom. The standard InChI is InChI=1S/C10H19NO/c1-12-9-3-2-4-10-5-7-11-8-6-10/h2,4,10-11H,3,5-9H2,1H3/b4-2-. The van der Waals surface area contributed by atoms with Crippen LogP contribution in [0.3, 0.4) is 0 Å². The minimum Gasteiger partial charge on any atom is -0.384 e. The van der Waals surface area contributed by atoms with Gasteiger partial charge < -0.3 is 10.1 Å². The van der Waals surface area contributed by atoms with E-state index >= 15 is 0 Å². The van der Waals surface area contributed by atoms with Crippen LogP contribution in [0.25, 0.3) is 0 Å². The highest BCUT2D eigenvalue weighted by Gasteiger charge is 2.08. The maximum absolute atomic E-state index is 4.97. The Hall–Kier alpha value is -0.340. The molecule has 1 heterocycles. The second kappa shape index (κ2) is 6.21. The molecule has 1 rings (SSSR count). The first kappa shape index (κ1) is 9.75. The van der Waals surface area contributed by atoms with E-state index in [1.165, 1.54) is 25.9 Å². The minimum atomic E-state index is 0.808. The number of piperidine rings is 1. The third kappa shape index (κ3) is 3.88. The molecule has 1 aliphatic rings. The number of rotatable bonds is 4. The Morgan fingerprint density at radius 1 is 1.42 bits per heavy atom. The van der Waals surface area contributed by atoms with Crippen molar-refractivity contribution >= 4 is 0 Å². The highest BCUT2D eigenvalue weighted by Crippen LogP contribution is 2.12. The molecule has 0 bridgehead atoms. The average molecular weight is 169 g/mol. The molecule has 12 heavy (non-hydrogen) atoms. The van der Waals surface area contributed by atoms with Crippen molar-refractivity contribution < 1.29 is 4.74 Å². The number of allylic oxidation sites excluding steroid dienone is 1. The molecule has 0 atom stereocenters. The van der Waals surface area contributed by atoms with Crippen LogP contribution >= 0.6 is 0 Å². The number of methoxy groups -OCH3 is 1. The van der Waals surface area contributed by atoms with Crippen molar-refractivity contribution in [3.05, 3.63) is 12.2 Å². The second-order valence-corrected chi connectivity index (χ2v) is 3.30. The molecule has 0 aromatic carbocycles. The molecular weight excluding hydrogens is 150 g/mol. The quantitative estimate of drug-likeness (QED) is 0.509. The van der Waals surface area contributed by atoms with E-state index in [1.807, 2.05) is 0 Å². The first-order valence-corrected chi connectivity index (χ1v) is 4.80. The summed E-state index contributed by atoms with van der Waals surface area (Å²) in [6.45, 7) is 3.21. The van der Waals surface area contributed by atoms with Gasteiger partial charge in [-0.1, -0.05) is 12.2 Å². The van der Waals surface area contributed by atoms with Gasteiger partial charge in [-0.05, 0) is 38.3 Å². The topological polar surface area (TPSA) is 21.3 Å². The van der Waals surface area contributed by atoms with E-state index in [0.29, 0.717) is 0 Å². The van der Waals surface area contributed by atoms with Gasteiger partial charge in [0.2, 0.25) is 0 Å². The molecule has 0 unspecified atom stereocenters. The molecule has 0 aliphatic carbocycles. The molecular formula is C10H19NO. The Balaban J connectivity index is 2.07. The van der Waals surface area contributed by atoms with Gasteiger partial charge in [-0.25, -0.2) is 0 Å². The van der Waals surface area contributed by atoms with Gasteiger partial charge in [0.05, 0.1) is 0 Å². The molecule has 1 aliphatic heterocycles. The van der Waals surface area contributed by atoms with E-state index in [9.17, 15) is 0 Å². The van der Waals surface area contributed by atoms with Crippen LogP contribution in [-0.2, 0) is 4.74 Å². The summed E-state index contributed by atoms with van der Waals surface area (Å²) in [5.74, 6) is 0.808. The van der Waals surface area contributed by atoms with Crippen molar-refractivity contribution in [1.29, 1.82) is 0 Å². The van der Waals surface area contributed by atoms with Crippen LogP contribution in [0.5, 0.6) is 0 Å². The lowest BCUT2D eigenvalue weighted by Gasteiger charge is -2.19. The van der Waals surface area contributed by atoms with Crippen molar-refractivity contribution in [2.24, 2.45) is 5.92 Å². The van der Waals surface area contributed by atoms with Gasteiger partial charge in [0.15, 0.2) is 0 Å². The van der Waals surface area contributed by atoms with Crippen molar-refractivity contribution in [1.82, 2.24) is 5.32 Å². The lowest BCUT2D eigenvalue weighted by Crippen LogP contribution is -2.26. The predicted molar refractivity (Wildman–Crippen MR) is 51.2 cm³/mol. The molecule has 0 spiro atoms. The van der Waals surface area contributed by atoms with Crippen LogP contribution < -0.4 is 5.32 Å². The van der Waals surface area contributed by atoms with Crippen LogP contribution in [0.15, 0.2) is 12.2 Å². The van der Waals surface area contributed by atoms with E-state index in [0.717, 1.165) is 18.9 Å². The lowest BCUT2D eigenvalue weighted by molar-refractivity contribution is 0.204. The number of hydrogen-bond donors (Lipinski definition) is 1. The first-order valence-electron chi connectivity index (χ1n) is 4.80. The molecule has 2 nitrogen and oxygen atoms in total. The third-order valence-corrected chi connectivity index (χ3v) is 2.28. The van der Waals surface area contributed by atoms with Crippen LogP contribution in [0.2, 0.25) is 0 Å². The maximum Gasteiger partial charge on any atom is 0.0496 e. The first-order chi connectivity index (χ1) is 5.93. The zero-order valence-corrected chi connectivity index (χ0v) is 7.88. The zero-order valence-electron chi connectivity index (χ0n) is 7.88. The van der Waals surface area contributed by atoms with Crippen LogP contribution in [0.1, 0.15) is 19.3 Å². The van der Waals surface area contributed by atoms with E-state index in [2.05, 4.69) is 17.5 Å². The van der Waals surface area contributed by atoms with Gasteiger partial charge in [0.1, 0.15) is 0 Å². The lowest BCUT2D eigenvalue weighted by atomic mass is 9.97. The monoisotopic (exact) mass is 169 g/mol. The zero-order chi connectivity index (χ0) is 8.65. The van der Waals surface area contributed by atoms with Gasteiger partial charge in [0.25, 0.3) is 0 Å². The molecule has 1 N–H and O–H groups in total. The number of ether oxygens (including phenoxy) is 1. The molecule has 1 fully saturated rings. The van der Waals surface area contributed by atoms with E-state index < -0.39 is 0 Å². The van der Waals surface area contributed by atoms with Crippen molar-refractivity contribution in [3.63, 3.8) is 0 Å². The SMILES string of the molecule is COCC/C=C\C1CCNCC1. The normalized spacial score (nSPS) is 20.4. The van der Waals surface area contributed by atoms with E-state index in [4.69, 9.17) is 4.74 Å². The molecule has 0 amide bonds. The largest absolute Gasteiger partial charge is 0.384 e. The average Bonchev–Trinajstić information content (AvgIpc) is 2.14. The summed E-state index contributed by atoms with van der Waals surface area (Å²) in [5.41, 5.74) is 0. The fourth-order valence-electron chi connectivity index (χ4n) is 1.51. The summed E-state index contributed by atoms with van der Waals surface area (Å²) in [4.78, 5) is 0. The van der Waals surface area contributed by atoms with E-state index in [-0.39, 0.29) is 0 Å². The molecule has 2 heteroatoms. The van der Waals surface area contributed by atoms with Gasteiger partial charge >= 0.3 is 0 Å². The summed E-state index contributed by atoms with van der Waals surface area (Å²) < 4.78 is 4.97. The third-order valence-electron chi connectivity index (χ3n) is 2.28. The highest BCUT2D eigenvalue weighted by molar-refractivity contribution is 4.90. The summed E-state index contributed by atoms with van der Waals surface area (Å²) in [6.07, 6.45) is 8.24. The van der Waals surface area contributed by atoms with Gasteiger partial charge in [-0.3, -0.25) is 0 Å². The Bertz CT molecular complexity index is 128. The Morgan fingerprint density at radius 3 is 2.83 bits per heavy atom. The van der Waals surface area contributed by atoms with Crippen molar-refractivity contribution in [3.8, 4) is 0 Å². The smallest absolute Gasteiger partial charge is 0.0496 e. The summed E-state index contributed by atoms with van der Waals surface area (Å²) >= 11 is 0. The minimum absolute atomic E-state index is 0.808. The number of hydrogen-bond acceptors (Lipinski definition) is 2. The molecule has 0 saturated carbocycles. The molecule has 1 saturated heterocycles. The van der Waals surface area contributed by atoms with Gasteiger partial charge in [-0.2, -0.15) is 0 Å². The molecule has 0 aromatic heterocycles. The van der Waals surface area contributed by atoms with Gasteiger partial charge in [0, 0.05) is 13.7 Å². The molecule has 0 aromatic rings. The van der Waals surface area contributed by atoms with Crippen LogP contribution in [-0.4, -0.2) is 26.8 Å². The van der Waals surface area contributed by atoms with Crippen LogP contribution in [0.4, 0.5) is 0 Å². The highest BCUT2D eigenvalue weighted by atomic mass is 16.5. The maximum atomic E-state index is 4.97. The predicted octanol–water partition coefficient (Wildman–Crippen LogP) is 1.58. The Kier molecular flexibility index (Phi) is 5.04. The molecule has 0 radical (unpaired) electrons. The summed E-state index contributed by atoms with van der Waals surface area (Å²) in [5, 5.41) is 3.36. The number of nitrogens with one attached hydrogen (secondary N) is 1.